The van der Waals surface area contributed by atoms with Gasteiger partial charge in [0.1, 0.15) is 12.4 Å². The van der Waals surface area contributed by atoms with Crippen LogP contribution in [0.4, 0.5) is 0 Å². The molecule has 5 nitrogen and oxygen atoms in total. The third kappa shape index (κ3) is 5.71. The largest absolute Gasteiger partial charge is 0.488 e. The van der Waals surface area contributed by atoms with Crippen LogP contribution in [0.15, 0.2) is 82.2 Å². The van der Waals surface area contributed by atoms with Crippen LogP contribution in [0.5, 0.6) is 5.75 Å². The fourth-order valence-corrected chi connectivity index (χ4v) is 4.62. The van der Waals surface area contributed by atoms with E-state index >= 15 is 0 Å². The van der Waals surface area contributed by atoms with Crippen LogP contribution in [-0.2, 0) is 11.4 Å². The van der Waals surface area contributed by atoms with E-state index in [2.05, 4.69) is 21.4 Å². The molecule has 1 saturated heterocycles. The van der Waals surface area contributed by atoms with Gasteiger partial charge in [0.2, 0.25) is 0 Å². The highest BCUT2D eigenvalue weighted by Gasteiger charge is 2.34. The second-order valence-electron chi connectivity index (χ2n) is 7.28. The molecule has 1 aliphatic heterocycles. The standard InChI is InChI=1S/C25H19BrN2O3S2/c1-16-7-9-18(10-8-16)23(29)27-28-24(30)22(33-25(28)32)14-19-13-20(26)11-12-21(19)31-15-17-5-3-2-4-6-17/h2-14H,15H2,1H3,(H,27,29)/b22-14-. The van der Waals surface area contributed by atoms with Gasteiger partial charge in [0, 0.05) is 15.6 Å². The second-order valence-corrected chi connectivity index (χ2v) is 9.87. The fraction of sp³-hybridized carbons (Fsp3) is 0.0800. The molecule has 33 heavy (non-hydrogen) atoms. The van der Waals surface area contributed by atoms with Gasteiger partial charge in [0.05, 0.1) is 4.91 Å². The number of nitrogens with zero attached hydrogens (tertiary/aromatic N) is 1. The van der Waals surface area contributed by atoms with E-state index in [4.69, 9.17) is 17.0 Å². The lowest BCUT2D eigenvalue weighted by atomic mass is 10.1. The average molecular weight is 539 g/mol. The number of hydrogen-bond acceptors (Lipinski definition) is 5. The van der Waals surface area contributed by atoms with E-state index < -0.39 is 5.91 Å². The zero-order chi connectivity index (χ0) is 23.4. The molecule has 1 N–H and O–H groups in total. The highest BCUT2D eigenvalue weighted by molar-refractivity contribution is 9.10. The van der Waals surface area contributed by atoms with Crippen molar-refractivity contribution in [2.24, 2.45) is 0 Å². The molecule has 3 aromatic carbocycles. The van der Waals surface area contributed by atoms with Crippen molar-refractivity contribution in [1.29, 1.82) is 0 Å². The summed E-state index contributed by atoms with van der Waals surface area (Å²) >= 11 is 9.95. The summed E-state index contributed by atoms with van der Waals surface area (Å²) in [5, 5.41) is 1.11. The lowest BCUT2D eigenvalue weighted by Crippen LogP contribution is -2.44. The van der Waals surface area contributed by atoms with Crippen LogP contribution < -0.4 is 10.2 Å². The molecule has 1 fully saturated rings. The number of thioether (sulfide) groups is 1. The van der Waals surface area contributed by atoms with Gasteiger partial charge in [-0.2, -0.15) is 5.01 Å². The van der Waals surface area contributed by atoms with E-state index in [1.54, 1.807) is 18.2 Å². The number of aryl methyl sites for hydroxylation is 1. The van der Waals surface area contributed by atoms with Gasteiger partial charge in [0.15, 0.2) is 4.32 Å². The maximum Gasteiger partial charge on any atom is 0.285 e. The van der Waals surface area contributed by atoms with Crippen LogP contribution in [0, 0.1) is 6.92 Å². The summed E-state index contributed by atoms with van der Waals surface area (Å²) in [6.07, 6.45) is 1.72. The van der Waals surface area contributed by atoms with Crippen molar-refractivity contribution in [2.75, 3.05) is 0 Å². The molecular formula is C25H19BrN2O3S2. The first kappa shape index (κ1) is 23.2. The Balaban J connectivity index is 1.52. The lowest BCUT2D eigenvalue weighted by Gasteiger charge is -2.15. The van der Waals surface area contributed by atoms with Gasteiger partial charge < -0.3 is 4.74 Å². The molecule has 0 bridgehead atoms. The van der Waals surface area contributed by atoms with E-state index in [9.17, 15) is 9.59 Å². The molecule has 0 saturated carbocycles. The Hall–Kier alpha value is -2.94. The number of amides is 2. The van der Waals surface area contributed by atoms with Crippen LogP contribution in [0.3, 0.4) is 0 Å². The van der Waals surface area contributed by atoms with Gasteiger partial charge >= 0.3 is 0 Å². The Morgan fingerprint density at radius 3 is 2.58 bits per heavy atom. The van der Waals surface area contributed by atoms with Crippen molar-refractivity contribution in [3.8, 4) is 5.75 Å². The number of ether oxygens (including phenoxy) is 1. The van der Waals surface area contributed by atoms with Gasteiger partial charge in [0.25, 0.3) is 11.8 Å². The normalized spacial score (nSPS) is 14.6. The van der Waals surface area contributed by atoms with Gasteiger partial charge in [-0.3, -0.25) is 15.0 Å². The molecule has 0 aliphatic carbocycles. The van der Waals surface area contributed by atoms with E-state index in [-0.39, 0.29) is 10.2 Å². The molecule has 4 rings (SSSR count). The highest BCUT2D eigenvalue weighted by atomic mass is 79.9. The monoisotopic (exact) mass is 538 g/mol. The molecule has 1 aliphatic rings. The number of thiocarbonyl (C=S) groups is 1. The van der Waals surface area contributed by atoms with E-state index in [1.807, 2.05) is 67.6 Å². The first-order valence-corrected chi connectivity index (χ1v) is 12.0. The highest BCUT2D eigenvalue weighted by Crippen LogP contribution is 2.34. The van der Waals surface area contributed by atoms with E-state index in [1.165, 1.54) is 0 Å². The number of hydrazine groups is 1. The van der Waals surface area contributed by atoms with Crippen LogP contribution in [0.25, 0.3) is 6.08 Å². The fourth-order valence-electron chi connectivity index (χ4n) is 3.08. The smallest absolute Gasteiger partial charge is 0.285 e. The summed E-state index contributed by atoms with van der Waals surface area (Å²) in [4.78, 5) is 26.0. The van der Waals surface area contributed by atoms with Crippen LogP contribution in [-0.4, -0.2) is 21.1 Å². The van der Waals surface area contributed by atoms with Gasteiger partial charge in [-0.15, -0.1) is 0 Å². The summed E-state index contributed by atoms with van der Waals surface area (Å²) in [5.41, 5.74) is 5.86. The van der Waals surface area contributed by atoms with Crippen molar-refractivity contribution in [1.82, 2.24) is 10.4 Å². The first-order chi connectivity index (χ1) is 15.9. The van der Waals surface area contributed by atoms with Gasteiger partial charge in [-0.05, 0) is 61.1 Å². The Morgan fingerprint density at radius 2 is 1.85 bits per heavy atom. The molecule has 2 amide bonds. The van der Waals surface area contributed by atoms with Crippen molar-refractivity contribution >= 4 is 62.1 Å². The van der Waals surface area contributed by atoms with Crippen molar-refractivity contribution in [2.45, 2.75) is 13.5 Å². The summed E-state index contributed by atoms with van der Waals surface area (Å²) < 4.78 is 7.12. The Morgan fingerprint density at radius 1 is 1.12 bits per heavy atom. The first-order valence-electron chi connectivity index (χ1n) is 10.0. The minimum Gasteiger partial charge on any atom is -0.488 e. The summed E-state index contributed by atoms with van der Waals surface area (Å²) in [6, 6.07) is 22.5. The van der Waals surface area contributed by atoms with Crippen molar-refractivity contribution in [3.05, 3.63) is 104 Å². The third-order valence-electron chi connectivity index (χ3n) is 4.82. The Bertz CT molecular complexity index is 1240. The zero-order valence-electron chi connectivity index (χ0n) is 17.6. The van der Waals surface area contributed by atoms with E-state index in [0.29, 0.717) is 22.8 Å². The third-order valence-corrected chi connectivity index (χ3v) is 6.61. The number of carbonyl (C=O) groups excluding carboxylic acids is 2. The molecule has 0 aromatic heterocycles. The number of halogens is 1. The minimum atomic E-state index is -0.401. The molecule has 0 radical (unpaired) electrons. The zero-order valence-corrected chi connectivity index (χ0v) is 20.8. The molecule has 166 valence electrons. The molecule has 0 spiro atoms. The molecular weight excluding hydrogens is 520 g/mol. The summed E-state index contributed by atoms with van der Waals surface area (Å²) in [6.45, 7) is 2.34. The number of carbonyl (C=O) groups is 2. The minimum absolute atomic E-state index is 0.258. The quantitative estimate of drug-likeness (QED) is 0.313. The van der Waals surface area contributed by atoms with Gasteiger partial charge in [-0.1, -0.05) is 75.7 Å². The predicted molar refractivity (Wildman–Crippen MR) is 139 cm³/mol. The topological polar surface area (TPSA) is 58.6 Å². The number of rotatable bonds is 6. The molecule has 0 unspecified atom stereocenters. The molecule has 1 heterocycles. The average Bonchev–Trinajstić information content (AvgIpc) is 3.07. The maximum absolute atomic E-state index is 13.0. The molecule has 8 heteroatoms. The van der Waals surface area contributed by atoms with Crippen LogP contribution >= 0.6 is 39.9 Å². The Labute approximate surface area is 209 Å². The maximum atomic E-state index is 13.0. The molecule has 0 atom stereocenters. The van der Waals surface area contributed by atoms with Gasteiger partial charge in [-0.25, -0.2) is 0 Å². The van der Waals surface area contributed by atoms with Crippen LogP contribution in [0.1, 0.15) is 27.0 Å². The number of benzene rings is 3. The Kier molecular flexibility index (Phi) is 7.27. The predicted octanol–water partition coefficient (Wildman–Crippen LogP) is 5.88. The number of nitrogens with one attached hydrogen (secondary N) is 1. The van der Waals surface area contributed by atoms with Crippen molar-refractivity contribution < 1.29 is 14.3 Å². The van der Waals surface area contributed by atoms with Crippen molar-refractivity contribution in [3.63, 3.8) is 0 Å². The number of hydrogen-bond donors (Lipinski definition) is 1. The molecule has 3 aromatic rings. The summed E-state index contributed by atoms with van der Waals surface area (Å²) in [7, 11) is 0. The second kappa shape index (κ2) is 10.3. The van der Waals surface area contributed by atoms with Crippen LogP contribution in [0.2, 0.25) is 0 Å². The SMILES string of the molecule is Cc1ccc(C(=O)NN2C(=O)/C(=C/c3cc(Br)ccc3OCc3ccccc3)SC2=S)cc1. The summed E-state index contributed by atoms with van der Waals surface area (Å²) in [5.74, 6) is -0.155. The lowest BCUT2D eigenvalue weighted by molar-refractivity contribution is -0.123. The van der Waals surface area contributed by atoms with E-state index in [0.717, 1.165) is 37.9 Å².